The van der Waals surface area contributed by atoms with Crippen molar-refractivity contribution in [1.29, 1.82) is 0 Å². The lowest BCUT2D eigenvalue weighted by Crippen LogP contribution is -2.40. The number of phenols is 1. The maximum atomic E-state index is 13.8. The molecule has 194 valence electrons. The van der Waals surface area contributed by atoms with Crippen molar-refractivity contribution >= 4 is 39.3 Å². The number of fused-ring (bicyclic) bond motifs is 1. The molecule has 1 atom stereocenters. The van der Waals surface area contributed by atoms with Crippen LogP contribution in [0.25, 0.3) is 6.08 Å². The minimum Gasteiger partial charge on any atom is -0.504 e. The number of carbonyl (C=O) groups is 1. The van der Waals surface area contributed by atoms with Crippen LogP contribution >= 0.6 is 27.3 Å². The summed E-state index contributed by atoms with van der Waals surface area (Å²) in [7, 11) is 4.49. The SMILES string of the molecule is CCOC(=O)C1=C(C)N=c2s/c(=C\c3cc(Br)cc(OC)c3O)c(=O)n2C1c1ccc(OC)c(OC)c1. The first kappa shape index (κ1) is 26.5. The van der Waals surface area contributed by atoms with Crippen molar-refractivity contribution in [3.63, 3.8) is 0 Å². The predicted molar refractivity (Wildman–Crippen MR) is 142 cm³/mol. The Bertz CT molecular complexity index is 1590. The average molecular weight is 589 g/mol. The number of aromatic nitrogens is 1. The lowest BCUT2D eigenvalue weighted by atomic mass is 9.95. The Kier molecular flexibility index (Phi) is 7.74. The Morgan fingerprint density at radius 3 is 2.49 bits per heavy atom. The summed E-state index contributed by atoms with van der Waals surface area (Å²) in [5.41, 5.74) is 1.32. The van der Waals surface area contributed by atoms with E-state index in [4.69, 9.17) is 18.9 Å². The van der Waals surface area contributed by atoms with E-state index in [0.717, 1.165) is 11.3 Å². The number of allylic oxidation sites excluding steroid dienone is 1. The van der Waals surface area contributed by atoms with Crippen molar-refractivity contribution in [2.45, 2.75) is 19.9 Å². The first-order chi connectivity index (χ1) is 17.7. The number of rotatable bonds is 7. The van der Waals surface area contributed by atoms with Gasteiger partial charge in [0.15, 0.2) is 27.8 Å². The van der Waals surface area contributed by atoms with Gasteiger partial charge >= 0.3 is 5.97 Å². The number of nitrogens with zero attached hydrogens (tertiary/aromatic N) is 2. The van der Waals surface area contributed by atoms with E-state index in [-0.39, 0.29) is 29.2 Å². The van der Waals surface area contributed by atoms with Gasteiger partial charge in [-0.3, -0.25) is 9.36 Å². The van der Waals surface area contributed by atoms with Crippen LogP contribution in [0, 0.1) is 0 Å². The molecule has 2 heterocycles. The molecular formula is C26H25BrN2O7S. The second kappa shape index (κ2) is 10.8. The van der Waals surface area contributed by atoms with E-state index in [2.05, 4.69) is 20.9 Å². The van der Waals surface area contributed by atoms with E-state index >= 15 is 0 Å². The molecular weight excluding hydrogens is 564 g/mol. The molecule has 0 aliphatic carbocycles. The molecule has 0 spiro atoms. The smallest absolute Gasteiger partial charge is 0.338 e. The normalized spacial score (nSPS) is 15.2. The fraction of sp³-hybridized carbons (Fsp3) is 0.269. The number of carbonyl (C=O) groups excluding carboxylic acids is 1. The number of aromatic hydroxyl groups is 1. The van der Waals surface area contributed by atoms with E-state index in [1.165, 1.54) is 25.9 Å². The molecule has 11 heteroatoms. The monoisotopic (exact) mass is 588 g/mol. The summed E-state index contributed by atoms with van der Waals surface area (Å²) in [6, 6.07) is 7.70. The number of benzene rings is 2. The Balaban J connectivity index is 1.99. The van der Waals surface area contributed by atoms with Gasteiger partial charge < -0.3 is 24.1 Å². The second-order valence-electron chi connectivity index (χ2n) is 7.96. The second-order valence-corrected chi connectivity index (χ2v) is 9.89. The van der Waals surface area contributed by atoms with Crippen molar-refractivity contribution in [3.05, 3.63) is 76.9 Å². The summed E-state index contributed by atoms with van der Waals surface area (Å²) in [5, 5.41) is 10.6. The van der Waals surface area contributed by atoms with Crippen molar-refractivity contribution in [1.82, 2.24) is 4.57 Å². The Hall–Kier alpha value is -3.57. The molecule has 1 N–H and O–H groups in total. The van der Waals surface area contributed by atoms with Gasteiger partial charge in [-0.25, -0.2) is 9.79 Å². The topological polar surface area (TPSA) is 109 Å². The molecule has 0 radical (unpaired) electrons. The van der Waals surface area contributed by atoms with Crippen LogP contribution in [0.4, 0.5) is 0 Å². The van der Waals surface area contributed by atoms with Gasteiger partial charge in [-0.05, 0) is 49.8 Å². The molecule has 37 heavy (non-hydrogen) atoms. The fourth-order valence-corrected chi connectivity index (χ4v) is 5.62. The van der Waals surface area contributed by atoms with Gasteiger partial charge in [0.25, 0.3) is 5.56 Å². The molecule has 1 aliphatic rings. The zero-order valence-electron chi connectivity index (χ0n) is 20.8. The van der Waals surface area contributed by atoms with Crippen LogP contribution in [0.5, 0.6) is 23.0 Å². The molecule has 1 aromatic heterocycles. The Morgan fingerprint density at radius 2 is 1.84 bits per heavy atom. The van der Waals surface area contributed by atoms with E-state index in [0.29, 0.717) is 42.1 Å². The number of halogens is 1. The van der Waals surface area contributed by atoms with Crippen LogP contribution < -0.4 is 29.1 Å². The summed E-state index contributed by atoms with van der Waals surface area (Å²) in [4.78, 5) is 31.8. The Morgan fingerprint density at radius 1 is 1.14 bits per heavy atom. The van der Waals surface area contributed by atoms with Crippen molar-refractivity contribution in [2.75, 3.05) is 27.9 Å². The quantitative estimate of drug-likeness (QED) is 0.422. The predicted octanol–water partition coefficient (Wildman–Crippen LogP) is 3.29. The summed E-state index contributed by atoms with van der Waals surface area (Å²) < 4.78 is 23.8. The number of hydrogen-bond donors (Lipinski definition) is 1. The Labute approximate surface area is 225 Å². The third-order valence-corrected chi connectivity index (χ3v) is 7.26. The summed E-state index contributed by atoms with van der Waals surface area (Å²) in [5.74, 6) is 0.558. The number of ether oxygens (including phenoxy) is 4. The van der Waals surface area contributed by atoms with Crippen LogP contribution in [0.1, 0.15) is 31.0 Å². The van der Waals surface area contributed by atoms with Gasteiger partial charge in [0.1, 0.15) is 0 Å². The highest BCUT2D eigenvalue weighted by Gasteiger charge is 2.34. The number of esters is 1. The summed E-state index contributed by atoms with van der Waals surface area (Å²) in [6.07, 6.45) is 1.57. The summed E-state index contributed by atoms with van der Waals surface area (Å²) >= 11 is 4.55. The summed E-state index contributed by atoms with van der Waals surface area (Å²) in [6.45, 7) is 3.60. The van der Waals surface area contributed by atoms with Crippen LogP contribution in [-0.2, 0) is 9.53 Å². The number of methoxy groups -OCH3 is 3. The molecule has 1 aliphatic heterocycles. The lowest BCUT2D eigenvalue weighted by Gasteiger charge is -2.25. The zero-order valence-corrected chi connectivity index (χ0v) is 23.2. The van der Waals surface area contributed by atoms with E-state index in [9.17, 15) is 14.7 Å². The van der Waals surface area contributed by atoms with Crippen LogP contribution in [-0.4, -0.2) is 43.6 Å². The van der Waals surface area contributed by atoms with Gasteiger partial charge in [0.2, 0.25) is 0 Å². The minimum atomic E-state index is -0.817. The van der Waals surface area contributed by atoms with E-state index < -0.39 is 12.0 Å². The first-order valence-corrected chi connectivity index (χ1v) is 12.8. The minimum absolute atomic E-state index is 0.101. The first-order valence-electron chi connectivity index (χ1n) is 11.2. The van der Waals surface area contributed by atoms with E-state index in [1.54, 1.807) is 50.3 Å². The molecule has 4 rings (SSSR count). The van der Waals surface area contributed by atoms with Crippen LogP contribution in [0.15, 0.2) is 55.9 Å². The standard InChI is InChI=1S/C26H25BrN2O7S/c1-6-36-25(32)21-13(2)28-26-29(22(21)14-7-8-17(33-3)18(10-14)34-4)24(31)20(37-26)11-15-9-16(27)12-19(35-5)23(15)30/h7-12,22,30H,6H2,1-5H3/b20-11-. The van der Waals surface area contributed by atoms with E-state index in [1.807, 2.05) is 0 Å². The molecule has 1 unspecified atom stereocenters. The number of hydrogen-bond acceptors (Lipinski definition) is 9. The van der Waals surface area contributed by atoms with Gasteiger partial charge in [0.05, 0.1) is 49.8 Å². The molecule has 3 aromatic rings. The molecule has 0 fully saturated rings. The van der Waals surface area contributed by atoms with Gasteiger partial charge in [0, 0.05) is 10.0 Å². The van der Waals surface area contributed by atoms with Gasteiger partial charge in [-0.15, -0.1) is 0 Å². The highest BCUT2D eigenvalue weighted by molar-refractivity contribution is 9.10. The van der Waals surface area contributed by atoms with Crippen LogP contribution in [0.3, 0.4) is 0 Å². The molecule has 9 nitrogen and oxygen atoms in total. The van der Waals surface area contributed by atoms with Gasteiger partial charge in [-0.1, -0.05) is 33.3 Å². The highest BCUT2D eigenvalue weighted by atomic mass is 79.9. The van der Waals surface area contributed by atoms with Crippen molar-refractivity contribution in [3.8, 4) is 23.0 Å². The largest absolute Gasteiger partial charge is 0.504 e. The third-order valence-electron chi connectivity index (χ3n) is 5.82. The third kappa shape index (κ3) is 4.88. The molecule has 0 amide bonds. The molecule has 0 saturated carbocycles. The van der Waals surface area contributed by atoms with Crippen molar-refractivity contribution < 1.29 is 28.8 Å². The maximum Gasteiger partial charge on any atom is 0.338 e. The van der Waals surface area contributed by atoms with Crippen molar-refractivity contribution in [2.24, 2.45) is 4.99 Å². The molecule has 0 bridgehead atoms. The maximum absolute atomic E-state index is 13.8. The van der Waals surface area contributed by atoms with Crippen LogP contribution in [0.2, 0.25) is 0 Å². The molecule has 2 aromatic carbocycles. The number of phenolic OH excluding ortho intramolecular Hbond substituents is 1. The zero-order chi connectivity index (χ0) is 26.9. The fourth-order valence-electron chi connectivity index (χ4n) is 4.13. The average Bonchev–Trinajstić information content (AvgIpc) is 3.18. The number of thiazole rings is 1. The lowest BCUT2D eigenvalue weighted by molar-refractivity contribution is -0.139. The molecule has 0 saturated heterocycles. The van der Waals surface area contributed by atoms with Gasteiger partial charge in [-0.2, -0.15) is 0 Å². The highest BCUT2D eigenvalue weighted by Crippen LogP contribution is 2.36.